The Kier molecular flexibility index (Phi) is 5.46. The van der Waals surface area contributed by atoms with Gasteiger partial charge in [-0.3, -0.25) is 19.1 Å². The maximum absolute atomic E-state index is 12.7. The van der Waals surface area contributed by atoms with Gasteiger partial charge in [-0.15, -0.1) is 0 Å². The van der Waals surface area contributed by atoms with E-state index in [0.29, 0.717) is 43.4 Å². The van der Waals surface area contributed by atoms with Crippen molar-refractivity contribution in [2.24, 2.45) is 0 Å². The minimum absolute atomic E-state index is 0.136. The van der Waals surface area contributed by atoms with Crippen LogP contribution in [0.1, 0.15) is 32.1 Å². The first kappa shape index (κ1) is 19.1. The van der Waals surface area contributed by atoms with Crippen molar-refractivity contribution in [3.63, 3.8) is 0 Å². The van der Waals surface area contributed by atoms with Gasteiger partial charge in [0.15, 0.2) is 0 Å². The van der Waals surface area contributed by atoms with Crippen LogP contribution in [-0.2, 0) is 11.3 Å². The minimum atomic E-state index is -0.990. The predicted octanol–water partition coefficient (Wildman–Crippen LogP) is 1.24. The minimum Gasteiger partial charge on any atom is -0.388 e. The molecule has 0 spiro atoms. The fourth-order valence-electron chi connectivity index (χ4n) is 4.28. The predicted molar refractivity (Wildman–Crippen MR) is 107 cm³/mol. The fraction of sp³-hybridized carbons (Fsp3) is 0.571. The summed E-state index contributed by atoms with van der Waals surface area (Å²) in [5.41, 5.74) is -0.466. The van der Waals surface area contributed by atoms with Crippen molar-refractivity contribution in [2.45, 2.75) is 44.2 Å². The summed E-state index contributed by atoms with van der Waals surface area (Å²) in [6.45, 7) is 3.74. The van der Waals surface area contributed by atoms with Gasteiger partial charge in [0.1, 0.15) is 0 Å². The van der Waals surface area contributed by atoms with Gasteiger partial charge in [0, 0.05) is 13.1 Å². The van der Waals surface area contributed by atoms with E-state index in [1.807, 2.05) is 23.1 Å². The number of aromatic nitrogens is 2. The maximum Gasteiger partial charge on any atom is 0.261 e. The summed E-state index contributed by atoms with van der Waals surface area (Å²) in [5, 5.41) is 11.6. The maximum atomic E-state index is 12.7. The van der Waals surface area contributed by atoms with Crippen molar-refractivity contribution < 1.29 is 9.90 Å². The number of hydrogen-bond acceptors (Lipinski definition) is 5. The number of piperidine rings is 2. The van der Waals surface area contributed by atoms with Gasteiger partial charge >= 0.3 is 0 Å². The Morgan fingerprint density at radius 2 is 1.79 bits per heavy atom. The van der Waals surface area contributed by atoms with Crippen LogP contribution in [-0.4, -0.2) is 68.7 Å². The number of likely N-dealkylation sites (tertiary alicyclic amines) is 2. The molecule has 0 aliphatic carbocycles. The van der Waals surface area contributed by atoms with E-state index < -0.39 is 5.60 Å². The molecule has 3 heterocycles. The normalized spacial score (nSPS) is 20.4. The van der Waals surface area contributed by atoms with Gasteiger partial charge in [-0.1, -0.05) is 18.6 Å². The second-order valence-corrected chi connectivity index (χ2v) is 8.14. The van der Waals surface area contributed by atoms with Crippen molar-refractivity contribution in [2.75, 3.05) is 32.7 Å². The number of amides is 1. The lowest BCUT2D eigenvalue weighted by molar-refractivity contribution is -0.137. The highest BCUT2D eigenvalue weighted by molar-refractivity contribution is 5.78. The molecule has 1 aromatic carbocycles. The molecule has 150 valence electrons. The highest BCUT2D eigenvalue weighted by Gasteiger charge is 2.35. The third kappa shape index (κ3) is 4.10. The number of carbonyl (C=O) groups excluding carboxylic acids is 1. The number of hydrogen-bond donors (Lipinski definition) is 1. The SMILES string of the molecule is O=C(CN1CCCCC1)N1CCC(O)(Cn2cnc3ccccc3c2=O)CC1. The topological polar surface area (TPSA) is 78.7 Å². The van der Waals surface area contributed by atoms with Crippen LogP contribution in [0, 0.1) is 0 Å². The Labute approximate surface area is 164 Å². The largest absolute Gasteiger partial charge is 0.388 e. The van der Waals surface area contributed by atoms with Crippen LogP contribution in [0.2, 0.25) is 0 Å². The second kappa shape index (κ2) is 8.01. The summed E-state index contributed by atoms with van der Waals surface area (Å²) < 4.78 is 1.49. The Hall–Kier alpha value is -2.25. The molecule has 0 saturated carbocycles. The molecular formula is C21H28N4O3. The highest BCUT2D eigenvalue weighted by atomic mass is 16.3. The van der Waals surface area contributed by atoms with Crippen molar-refractivity contribution in [1.29, 1.82) is 0 Å². The summed E-state index contributed by atoms with van der Waals surface area (Å²) in [6, 6.07) is 7.23. The molecule has 1 amide bonds. The number of carbonyl (C=O) groups is 1. The third-order valence-electron chi connectivity index (χ3n) is 6.05. The Morgan fingerprint density at radius 3 is 2.54 bits per heavy atom. The molecule has 2 aliphatic heterocycles. The van der Waals surface area contributed by atoms with Crippen molar-refractivity contribution in [3.05, 3.63) is 40.9 Å². The average molecular weight is 384 g/mol. The Balaban J connectivity index is 1.38. The summed E-state index contributed by atoms with van der Waals surface area (Å²) in [5.74, 6) is 0.147. The van der Waals surface area contributed by atoms with Crippen LogP contribution < -0.4 is 5.56 Å². The Morgan fingerprint density at radius 1 is 1.07 bits per heavy atom. The van der Waals surface area contributed by atoms with E-state index in [1.54, 1.807) is 6.07 Å². The number of para-hydroxylation sites is 1. The fourth-order valence-corrected chi connectivity index (χ4v) is 4.28. The number of fused-ring (bicyclic) bond motifs is 1. The van der Waals surface area contributed by atoms with Gasteiger partial charge in [0.25, 0.3) is 5.56 Å². The van der Waals surface area contributed by atoms with E-state index in [1.165, 1.54) is 30.2 Å². The highest BCUT2D eigenvalue weighted by Crippen LogP contribution is 2.24. The van der Waals surface area contributed by atoms with Gasteiger partial charge in [-0.2, -0.15) is 0 Å². The van der Waals surface area contributed by atoms with Crippen LogP contribution >= 0.6 is 0 Å². The molecule has 2 saturated heterocycles. The molecule has 2 aromatic rings. The second-order valence-electron chi connectivity index (χ2n) is 8.14. The van der Waals surface area contributed by atoms with Crippen molar-refractivity contribution in [1.82, 2.24) is 19.4 Å². The van der Waals surface area contributed by atoms with Gasteiger partial charge in [-0.05, 0) is 50.9 Å². The molecule has 7 nitrogen and oxygen atoms in total. The molecule has 2 fully saturated rings. The zero-order valence-electron chi connectivity index (χ0n) is 16.2. The summed E-state index contributed by atoms with van der Waals surface area (Å²) in [4.78, 5) is 33.7. The third-order valence-corrected chi connectivity index (χ3v) is 6.05. The zero-order valence-corrected chi connectivity index (χ0v) is 16.2. The van der Waals surface area contributed by atoms with Crippen LogP contribution in [0.3, 0.4) is 0 Å². The molecule has 0 unspecified atom stereocenters. The lowest BCUT2D eigenvalue weighted by Crippen LogP contribution is -2.51. The van der Waals surface area contributed by atoms with E-state index >= 15 is 0 Å². The van der Waals surface area contributed by atoms with Gasteiger partial charge in [-0.25, -0.2) is 4.98 Å². The van der Waals surface area contributed by atoms with E-state index in [2.05, 4.69) is 9.88 Å². The summed E-state index contributed by atoms with van der Waals surface area (Å²) in [6.07, 6.45) is 6.04. The summed E-state index contributed by atoms with van der Waals surface area (Å²) >= 11 is 0. The van der Waals surface area contributed by atoms with Gasteiger partial charge < -0.3 is 10.0 Å². The molecular weight excluding hydrogens is 356 g/mol. The Bertz CT molecular complexity index is 896. The van der Waals surface area contributed by atoms with Crippen LogP contribution in [0.15, 0.2) is 35.4 Å². The number of aliphatic hydroxyl groups is 1. The lowest BCUT2D eigenvalue weighted by atomic mass is 9.91. The van der Waals surface area contributed by atoms with Crippen LogP contribution in [0.5, 0.6) is 0 Å². The summed E-state index contributed by atoms with van der Waals surface area (Å²) in [7, 11) is 0. The first-order valence-corrected chi connectivity index (χ1v) is 10.2. The van der Waals surface area contributed by atoms with Crippen molar-refractivity contribution >= 4 is 16.8 Å². The molecule has 0 atom stereocenters. The van der Waals surface area contributed by atoms with E-state index in [4.69, 9.17) is 0 Å². The standard InChI is InChI=1S/C21H28N4O3/c26-19(14-23-10-4-1-5-11-23)24-12-8-21(28,9-13-24)15-25-16-22-18-7-3-2-6-17(18)20(25)27/h2-3,6-7,16,28H,1,4-5,8-15H2. The smallest absolute Gasteiger partial charge is 0.261 e. The van der Waals surface area contributed by atoms with Crippen LogP contribution in [0.4, 0.5) is 0 Å². The first-order chi connectivity index (χ1) is 13.5. The quantitative estimate of drug-likeness (QED) is 0.858. The van der Waals surface area contributed by atoms with E-state index in [9.17, 15) is 14.7 Å². The molecule has 28 heavy (non-hydrogen) atoms. The number of nitrogens with zero attached hydrogens (tertiary/aromatic N) is 4. The van der Waals surface area contributed by atoms with E-state index in [0.717, 1.165) is 13.1 Å². The van der Waals surface area contributed by atoms with Crippen molar-refractivity contribution in [3.8, 4) is 0 Å². The van der Waals surface area contributed by atoms with E-state index in [-0.39, 0.29) is 18.0 Å². The number of rotatable bonds is 4. The molecule has 1 aromatic heterocycles. The zero-order chi connectivity index (χ0) is 19.6. The molecule has 0 bridgehead atoms. The van der Waals surface area contributed by atoms with Gasteiger partial charge in [0.05, 0.1) is 35.9 Å². The molecule has 0 radical (unpaired) electrons. The first-order valence-electron chi connectivity index (χ1n) is 10.2. The lowest BCUT2D eigenvalue weighted by Gasteiger charge is -2.39. The van der Waals surface area contributed by atoms with Gasteiger partial charge in [0.2, 0.25) is 5.91 Å². The van der Waals surface area contributed by atoms with Crippen LogP contribution in [0.25, 0.3) is 10.9 Å². The molecule has 4 rings (SSSR count). The molecule has 1 N–H and O–H groups in total. The number of benzene rings is 1. The molecule has 7 heteroatoms. The average Bonchev–Trinajstić information content (AvgIpc) is 2.71. The monoisotopic (exact) mass is 384 g/mol. The molecule has 2 aliphatic rings.